The zero-order valence-corrected chi connectivity index (χ0v) is 22.5. The molecule has 0 saturated carbocycles. The summed E-state index contributed by atoms with van der Waals surface area (Å²) in [6, 6.07) is 12.9. The first-order valence-electron chi connectivity index (χ1n) is 11.9. The molecule has 1 saturated heterocycles. The summed E-state index contributed by atoms with van der Waals surface area (Å²) in [4.78, 5) is 45.4. The van der Waals surface area contributed by atoms with Gasteiger partial charge in [-0.05, 0) is 60.5 Å². The number of rotatable bonds is 9. The molecule has 2 aromatic carbocycles. The van der Waals surface area contributed by atoms with Crippen molar-refractivity contribution < 1.29 is 22.8 Å². The average molecular weight is 558 g/mol. The van der Waals surface area contributed by atoms with E-state index < -0.39 is 40.5 Å². The molecule has 1 aliphatic heterocycles. The third-order valence-corrected chi connectivity index (χ3v) is 8.66. The highest BCUT2D eigenvalue weighted by Crippen LogP contribution is 2.29. The predicted molar refractivity (Wildman–Crippen MR) is 142 cm³/mol. The third kappa shape index (κ3) is 5.64. The predicted octanol–water partition coefficient (Wildman–Crippen LogP) is 2.01. The van der Waals surface area contributed by atoms with Crippen molar-refractivity contribution in [3.05, 3.63) is 71.5 Å². The largest absolute Gasteiger partial charge is 0.369 e. The summed E-state index contributed by atoms with van der Waals surface area (Å²) in [6.45, 7) is 1.33. The average Bonchev–Trinajstić information content (AvgIpc) is 3.26. The Kier molecular flexibility index (Phi) is 8.00. The molecule has 4 rings (SSSR count). The number of carbonyl (C=O) groups is 3. The first-order valence-corrected chi connectivity index (χ1v) is 13.8. The van der Waals surface area contributed by atoms with Crippen LogP contribution in [0.2, 0.25) is 5.02 Å². The molecule has 3 aromatic rings. The Morgan fingerprint density at radius 2 is 1.87 bits per heavy atom. The summed E-state index contributed by atoms with van der Waals surface area (Å²) in [5.74, 6) is -1.77. The Morgan fingerprint density at radius 3 is 2.55 bits per heavy atom. The fourth-order valence-electron chi connectivity index (χ4n) is 4.61. The summed E-state index contributed by atoms with van der Waals surface area (Å²) < 4.78 is 28.2. The number of halogens is 1. The summed E-state index contributed by atoms with van der Waals surface area (Å²) in [7, 11) is -2.68. The van der Waals surface area contributed by atoms with Gasteiger partial charge in [0, 0.05) is 24.8 Å². The van der Waals surface area contributed by atoms with E-state index >= 15 is 0 Å². The smallest absolute Gasteiger partial charge is 0.245 e. The minimum atomic E-state index is -4.29. The van der Waals surface area contributed by atoms with E-state index in [1.165, 1.54) is 21.9 Å². The number of fused-ring (bicyclic) bond motifs is 1. The number of pyridine rings is 1. The van der Waals surface area contributed by atoms with Gasteiger partial charge in [0.1, 0.15) is 12.1 Å². The second-order valence-corrected chi connectivity index (χ2v) is 11.5. The van der Waals surface area contributed by atoms with Crippen LogP contribution in [-0.2, 0) is 31.0 Å². The molecule has 2 atom stereocenters. The normalized spacial score (nSPS) is 16.7. The van der Waals surface area contributed by atoms with E-state index in [1.54, 1.807) is 56.6 Å². The number of hydrogen-bond donors (Lipinski definition) is 1. The van der Waals surface area contributed by atoms with Crippen LogP contribution in [-0.4, -0.2) is 77.4 Å². The van der Waals surface area contributed by atoms with Gasteiger partial charge < -0.3 is 15.5 Å². The van der Waals surface area contributed by atoms with Crippen LogP contribution in [0.3, 0.4) is 0 Å². The van der Waals surface area contributed by atoms with Crippen molar-refractivity contribution in [2.45, 2.75) is 36.9 Å². The van der Waals surface area contributed by atoms with Crippen LogP contribution in [0.1, 0.15) is 19.0 Å². The number of likely N-dealkylation sites (N-methyl/N-ethyl adjacent to an activating group) is 1. The summed E-state index contributed by atoms with van der Waals surface area (Å²) in [6.07, 6.45) is 1.74. The van der Waals surface area contributed by atoms with Gasteiger partial charge in [-0.1, -0.05) is 29.8 Å². The molecule has 1 fully saturated rings. The molecule has 200 valence electrons. The quantitative estimate of drug-likeness (QED) is 0.428. The molecule has 12 heteroatoms. The van der Waals surface area contributed by atoms with Crippen LogP contribution in [0.25, 0.3) is 10.8 Å². The van der Waals surface area contributed by atoms with Gasteiger partial charge in [0.25, 0.3) is 0 Å². The second kappa shape index (κ2) is 11.1. The van der Waals surface area contributed by atoms with E-state index in [4.69, 9.17) is 17.3 Å². The van der Waals surface area contributed by atoms with Crippen molar-refractivity contribution in [3.63, 3.8) is 0 Å². The lowest BCUT2D eigenvalue weighted by molar-refractivity contribution is -0.143. The molecule has 0 unspecified atom stereocenters. The van der Waals surface area contributed by atoms with Crippen molar-refractivity contribution >= 4 is 50.1 Å². The van der Waals surface area contributed by atoms with Crippen LogP contribution >= 0.6 is 11.6 Å². The van der Waals surface area contributed by atoms with Gasteiger partial charge in [0.15, 0.2) is 0 Å². The minimum Gasteiger partial charge on any atom is -0.369 e. The maximum absolute atomic E-state index is 13.7. The topological polar surface area (TPSA) is 134 Å². The van der Waals surface area contributed by atoms with Gasteiger partial charge in [0.2, 0.25) is 27.7 Å². The van der Waals surface area contributed by atoms with Crippen LogP contribution in [0.4, 0.5) is 0 Å². The molecule has 38 heavy (non-hydrogen) atoms. The Balaban J connectivity index is 1.57. The number of hydrogen-bond acceptors (Lipinski definition) is 6. The Bertz CT molecular complexity index is 1480. The lowest BCUT2D eigenvalue weighted by Gasteiger charge is -2.30. The molecule has 0 aliphatic carbocycles. The Labute approximate surface area is 226 Å². The van der Waals surface area contributed by atoms with E-state index in [-0.39, 0.29) is 30.3 Å². The van der Waals surface area contributed by atoms with Crippen molar-refractivity contribution in [1.29, 1.82) is 0 Å². The van der Waals surface area contributed by atoms with Gasteiger partial charge in [-0.2, -0.15) is 4.31 Å². The van der Waals surface area contributed by atoms with Crippen LogP contribution in [0.5, 0.6) is 0 Å². The van der Waals surface area contributed by atoms with Crippen LogP contribution in [0, 0.1) is 0 Å². The molecular weight excluding hydrogens is 530 g/mol. The van der Waals surface area contributed by atoms with E-state index in [1.807, 2.05) is 6.07 Å². The zero-order valence-electron chi connectivity index (χ0n) is 21.0. The number of amides is 3. The lowest BCUT2D eigenvalue weighted by atomic mass is 10.1. The highest BCUT2D eigenvalue weighted by atomic mass is 35.5. The number of carbonyl (C=O) groups excluding carboxylic acids is 3. The maximum Gasteiger partial charge on any atom is 0.245 e. The third-order valence-electron chi connectivity index (χ3n) is 6.58. The lowest BCUT2D eigenvalue weighted by Crippen LogP contribution is -2.52. The maximum atomic E-state index is 13.7. The van der Waals surface area contributed by atoms with Crippen LogP contribution < -0.4 is 5.73 Å². The van der Waals surface area contributed by atoms with E-state index in [9.17, 15) is 22.8 Å². The second-order valence-electron chi connectivity index (χ2n) is 9.20. The molecule has 0 spiro atoms. The molecule has 2 N–H and O–H groups in total. The number of likely N-dealkylation sites (tertiary alicyclic amines) is 1. The number of nitrogens with zero attached hydrogens (tertiary/aromatic N) is 4. The first-order chi connectivity index (χ1) is 18.0. The molecule has 0 bridgehead atoms. The molecule has 0 radical (unpaired) electrons. The number of aromatic nitrogens is 1. The zero-order chi connectivity index (χ0) is 27.6. The molecule has 2 heterocycles. The molecule has 10 nitrogen and oxygen atoms in total. The van der Waals surface area contributed by atoms with Gasteiger partial charge in [-0.3, -0.25) is 19.4 Å². The number of benzene rings is 2. The number of primary amides is 1. The highest BCUT2D eigenvalue weighted by Gasteiger charge is 2.45. The standard InChI is InChI=1S/C26H28ClN5O5S/c1-17(25(34)30(2)15-21-5-3-4-11-29-21)31-12-10-23(26(31)35)32(16-24(28)33)38(36,37)22-9-7-18-13-20(27)8-6-19(18)14-22/h3-9,11,13-14,17,23H,10,12,15-16H2,1-2H3,(H2,28,33)/t17-,23-/m0/s1. The molecule has 3 amide bonds. The monoisotopic (exact) mass is 557 g/mol. The molecule has 1 aromatic heterocycles. The van der Waals surface area contributed by atoms with E-state index in [0.29, 0.717) is 16.1 Å². The van der Waals surface area contributed by atoms with Gasteiger partial charge in [0.05, 0.1) is 23.7 Å². The van der Waals surface area contributed by atoms with Gasteiger partial charge in [-0.25, -0.2) is 8.42 Å². The van der Waals surface area contributed by atoms with Crippen molar-refractivity contribution in [1.82, 2.24) is 19.1 Å². The fraction of sp³-hybridized carbons (Fsp3) is 0.308. The summed E-state index contributed by atoms with van der Waals surface area (Å²) in [5.41, 5.74) is 6.08. The Morgan fingerprint density at radius 1 is 1.16 bits per heavy atom. The van der Waals surface area contributed by atoms with Gasteiger partial charge >= 0.3 is 0 Å². The van der Waals surface area contributed by atoms with Gasteiger partial charge in [-0.15, -0.1) is 0 Å². The van der Waals surface area contributed by atoms with Crippen molar-refractivity contribution in [2.75, 3.05) is 20.1 Å². The highest BCUT2D eigenvalue weighted by molar-refractivity contribution is 7.89. The van der Waals surface area contributed by atoms with Crippen LogP contribution in [0.15, 0.2) is 65.7 Å². The molecular formula is C26H28ClN5O5S. The first kappa shape index (κ1) is 27.5. The van der Waals surface area contributed by atoms with E-state index in [2.05, 4.69) is 4.98 Å². The van der Waals surface area contributed by atoms with Crippen molar-refractivity contribution in [2.24, 2.45) is 5.73 Å². The summed E-state index contributed by atoms with van der Waals surface area (Å²) in [5, 5.41) is 1.88. The number of sulfonamides is 1. The van der Waals surface area contributed by atoms with Crippen molar-refractivity contribution in [3.8, 4) is 0 Å². The summed E-state index contributed by atoms with van der Waals surface area (Å²) >= 11 is 6.03. The SMILES string of the molecule is C[C@@H](C(=O)N(C)Cc1ccccn1)N1CC[C@H](N(CC(N)=O)S(=O)(=O)c2ccc3cc(Cl)ccc3c2)C1=O. The Hall–Kier alpha value is -3.54. The molecule has 1 aliphatic rings. The number of nitrogens with two attached hydrogens (primary N) is 1. The minimum absolute atomic E-state index is 0.0842. The fourth-order valence-corrected chi connectivity index (χ4v) is 6.40. The van der Waals surface area contributed by atoms with E-state index in [0.717, 1.165) is 9.69 Å².